The molecule has 0 saturated heterocycles. The Balaban J connectivity index is 2.30. The third-order valence-electron chi connectivity index (χ3n) is 6.18. The normalized spacial score (nSPS) is 15.5. The van der Waals surface area contributed by atoms with E-state index in [0.29, 0.717) is 6.42 Å². The number of aliphatic hydroxyl groups excluding tert-OH is 1. The van der Waals surface area contributed by atoms with Gasteiger partial charge in [-0.05, 0) is 43.2 Å². The molecule has 0 aliphatic heterocycles. The number of carbonyl (C=O) groups is 4. The Bertz CT molecular complexity index is 1110. The van der Waals surface area contributed by atoms with E-state index in [1.165, 1.54) is 6.92 Å². The van der Waals surface area contributed by atoms with E-state index in [1.54, 1.807) is 6.20 Å². The van der Waals surface area contributed by atoms with Gasteiger partial charge in [0.15, 0.2) is 0 Å². The van der Waals surface area contributed by atoms with Crippen molar-refractivity contribution in [2.75, 3.05) is 0 Å². The first-order valence-corrected chi connectivity index (χ1v) is 12.9. The molecule has 1 aromatic heterocycles. The Morgan fingerprint density at radius 3 is 2.05 bits per heavy atom. The fourth-order valence-corrected chi connectivity index (χ4v) is 4.24. The van der Waals surface area contributed by atoms with Crippen molar-refractivity contribution < 1.29 is 29.4 Å². The Labute approximate surface area is 222 Å². The summed E-state index contributed by atoms with van der Waals surface area (Å²) in [5.74, 6) is -3.11. The Hall–Kier alpha value is -3.44. The maximum atomic E-state index is 13.3. The van der Waals surface area contributed by atoms with Crippen LogP contribution in [0.3, 0.4) is 0 Å². The first-order valence-electron chi connectivity index (χ1n) is 12.9. The summed E-state index contributed by atoms with van der Waals surface area (Å²) in [7, 11) is 0. The first kappa shape index (κ1) is 30.8. The number of aliphatic carboxylic acids is 1. The summed E-state index contributed by atoms with van der Waals surface area (Å²) in [4.78, 5) is 54.0. The van der Waals surface area contributed by atoms with Gasteiger partial charge in [0.1, 0.15) is 18.1 Å². The average molecular weight is 532 g/mol. The molecule has 38 heavy (non-hydrogen) atoms. The van der Waals surface area contributed by atoms with E-state index < -0.39 is 54.0 Å². The van der Waals surface area contributed by atoms with E-state index in [1.807, 2.05) is 52.0 Å². The van der Waals surface area contributed by atoms with Gasteiger partial charge < -0.3 is 36.9 Å². The highest BCUT2D eigenvalue weighted by atomic mass is 16.4. The zero-order chi connectivity index (χ0) is 28.6. The van der Waals surface area contributed by atoms with Crippen molar-refractivity contribution in [3.63, 3.8) is 0 Å². The van der Waals surface area contributed by atoms with Crippen LogP contribution < -0.4 is 21.7 Å². The summed E-state index contributed by atoms with van der Waals surface area (Å²) < 4.78 is 0. The summed E-state index contributed by atoms with van der Waals surface area (Å²) in [6.07, 6.45) is 1.07. The van der Waals surface area contributed by atoms with Gasteiger partial charge in [-0.25, -0.2) is 4.79 Å². The number of aromatic amines is 1. The van der Waals surface area contributed by atoms with E-state index >= 15 is 0 Å². The molecule has 5 unspecified atom stereocenters. The molecule has 11 nitrogen and oxygen atoms in total. The second-order valence-electron chi connectivity index (χ2n) is 10.6. The zero-order valence-electron chi connectivity index (χ0n) is 22.7. The quantitative estimate of drug-likeness (QED) is 0.190. The fourth-order valence-electron chi connectivity index (χ4n) is 4.24. The number of nitrogens with two attached hydrogens (primary N) is 1. The molecule has 0 spiro atoms. The highest BCUT2D eigenvalue weighted by Crippen LogP contribution is 2.19. The van der Waals surface area contributed by atoms with Crippen molar-refractivity contribution in [1.82, 2.24) is 20.9 Å². The number of rotatable bonds is 14. The number of hydrogen-bond donors (Lipinski definition) is 7. The molecule has 2 rings (SSSR count). The molecule has 8 N–H and O–H groups in total. The van der Waals surface area contributed by atoms with Gasteiger partial charge in [0.05, 0.1) is 12.1 Å². The van der Waals surface area contributed by atoms with Crippen LogP contribution in [-0.2, 0) is 25.6 Å². The van der Waals surface area contributed by atoms with Gasteiger partial charge in [-0.2, -0.15) is 0 Å². The lowest BCUT2D eigenvalue weighted by Crippen LogP contribution is -2.60. The van der Waals surface area contributed by atoms with Gasteiger partial charge in [0.2, 0.25) is 17.7 Å². The largest absolute Gasteiger partial charge is 0.480 e. The lowest BCUT2D eigenvalue weighted by atomic mass is 10.0. The van der Waals surface area contributed by atoms with Crippen molar-refractivity contribution in [1.29, 1.82) is 0 Å². The Morgan fingerprint density at radius 2 is 1.47 bits per heavy atom. The minimum absolute atomic E-state index is 0.00272. The Morgan fingerprint density at radius 1 is 0.868 bits per heavy atom. The molecule has 3 amide bonds. The van der Waals surface area contributed by atoms with Gasteiger partial charge in [-0.1, -0.05) is 45.9 Å². The number of fused-ring (bicyclic) bond motifs is 1. The minimum Gasteiger partial charge on any atom is -0.480 e. The number of H-pyrrole nitrogens is 1. The standard InChI is InChI=1S/C27H41N5O6/c1-14(2)10-19(28)24(34)32-23(16(5)33)26(36)30-21(25(35)31-22(27(37)38)11-15(3)4)12-17-13-29-20-9-7-6-8-18(17)20/h6-9,13-16,19,21-23,29,33H,10-12,28H2,1-5H3,(H,30,36)(H,31,35)(H,32,34)(H,37,38). The lowest BCUT2D eigenvalue weighted by Gasteiger charge is -2.27. The number of para-hydroxylation sites is 1. The number of benzene rings is 1. The SMILES string of the molecule is CC(C)CC(N)C(=O)NC(C(=O)NC(Cc1c[nH]c2ccccc12)C(=O)NC(CC(C)C)C(=O)O)C(C)O. The van der Waals surface area contributed by atoms with Crippen LogP contribution in [0.1, 0.15) is 53.0 Å². The lowest BCUT2D eigenvalue weighted by molar-refractivity contribution is -0.143. The molecular weight excluding hydrogens is 490 g/mol. The highest BCUT2D eigenvalue weighted by Gasteiger charge is 2.33. The van der Waals surface area contributed by atoms with Crippen LogP contribution in [0.5, 0.6) is 0 Å². The van der Waals surface area contributed by atoms with Crippen LogP contribution in [0.25, 0.3) is 10.9 Å². The molecule has 0 aliphatic carbocycles. The average Bonchev–Trinajstić information content (AvgIpc) is 3.23. The molecule has 0 bridgehead atoms. The van der Waals surface area contributed by atoms with Crippen molar-refractivity contribution in [3.8, 4) is 0 Å². The number of aliphatic hydroxyl groups is 1. The third-order valence-corrected chi connectivity index (χ3v) is 6.18. The van der Waals surface area contributed by atoms with E-state index in [0.717, 1.165) is 16.5 Å². The predicted octanol–water partition coefficient (Wildman–Crippen LogP) is 1.05. The highest BCUT2D eigenvalue weighted by molar-refractivity contribution is 5.95. The number of hydrogen-bond acceptors (Lipinski definition) is 6. The summed E-state index contributed by atoms with van der Waals surface area (Å²) in [5, 5.41) is 28.3. The number of carboxylic acid groups (broad SMARTS) is 1. The maximum Gasteiger partial charge on any atom is 0.326 e. The van der Waals surface area contributed by atoms with Gasteiger partial charge in [0, 0.05) is 23.5 Å². The predicted molar refractivity (Wildman–Crippen MR) is 144 cm³/mol. The molecule has 0 aliphatic rings. The number of carboxylic acids is 1. The monoisotopic (exact) mass is 531 g/mol. The van der Waals surface area contributed by atoms with Gasteiger partial charge in [-0.15, -0.1) is 0 Å². The van der Waals surface area contributed by atoms with Gasteiger partial charge in [0.25, 0.3) is 0 Å². The van der Waals surface area contributed by atoms with Crippen molar-refractivity contribution in [3.05, 3.63) is 36.0 Å². The molecule has 5 atom stereocenters. The molecular formula is C27H41N5O6. The summed E-state index contributed by atoms with van der Waals surface area (Å²) >= 11 is 0. The first-order chi connectivity index (χ1) is 17.8. The summed E-state index contributed by atoms with van der Waals surface area (Å²) in [6, 6.07) is 2.87. The zero-order valence-corrected chi connectivity index (χ0v) is 22.7. The van der Waals surface area contributed by atoms with Crippen LogP contribution in [0.15, 0.2) is 30.5 Å². The number of nitrogens with one attached hydrogen (secondary N) is 4. The van der Waals surface area contributed by atoms with Crippen molar-refractivity contribution in [2.45, 2.75) is 84.2 Å². The summed E-state index contributed by atoms with van der Waals surface area (Å²) in [5.41, 5.74) is 7.50. The molecule has 0 fully saturated rings. The smallest absolute Gasteiger partial charge is 0.326 e. The molecule has 1 aromatic carbocycles. The second-order valence-corrected chi connectivity index (χ2v) is 10.6. The Kier molecular flexibility index (Phi) is 11.3. The molecule has 0 saturated carbocycles. The van der Waals surface area contributed by atoms with E-state index in [4.69, 9.17) is 5.73 Å². The minimum atomic E-state index is -1.37. The van der Waals surface area contributed by atoms with Crippen LogP contribution in [0.4, 0.5) is 0 Å². The van der Waals surface area contributed by atoms with Crippen LogP contribution in [0.2, 0.25) is 0 Å². The van der Waals surface area contributed by atoms with Crippen LogP contribution in [-0.4, -0.2) is 69.2 Å². The third kappa shape index (κ3) is 8.84. The maximum absolute atomic E-state index is 13.3. The van der Waals surface area contributed by atoms with Gasteiger partial charge in [-0.3, -0.25) is 14.4 Å². The van der Waals surface area contributed by atoms with E-state index in [9.17, 15) is 29.4 Å². The molecule has 210 valence electrons. The van der Waals surface area contributed by atoms with Gasteiger partial charge >= 0.3 is 5.97 Å². The molecule has 11 heteroatoms. The summed E-state index contributed by atoms with van der Waals surface area (Å²) in [6.45, 7) is 8.84. The van der Waals surface area contributed by atoms with Crippen LogP contribution in [0, 0.1) is 11.8 Å². The van der Waals surface area contributed by atoms with E-state index in [-0.39, 0.29) is 24.7 Å². The fraction of sp³-hybridized carbons (Fsp3) is 0.556. The van der Waals surface area contributed by atoms with E-state index in [2.05, 4.69) is 20.9 Å². The molecule has 2 aromatic rings. The molecule has 1 heterocycles. The number of carbonyl (C=O) groups excluding carboxylic acids is 3. The number of aromatic nitrogens is 1. The van der Waals surface area contributed by atoms with Crippen molar-refractivity contribution >= 4 is 34.6 Å². The second kappa shape index (κ2) is 13.9. The topological polar surface area (TPSA) is 187 Å². The van der Waals surface area contributed by atoms with Crippen LogP contribution >= 0.6 is 0 Å². The molecule has 0 radical (unpaired) electrons. The number of amides is 3. The van der Waals surface area contributed by atoms with Crippen molar-refractivity contribution in [2.24, 2.45) is 17.6 Å².